The Bertz CT molecular complexity index is 472. The molecule has 1 fully saturated rings. The number of ether oxygens (including phenoxy) is 1. The third-order valence-corrected chi connectivity index (χ3v) is 5.54. The van der Waals surface area contributed by atoms with Gasteiger partial charge in [0.15, 0.2) is 0 Å². The minimum absolute atomic E-state index is 0.109. The van der Waals surface area contributed by atoms with Gasteiger partial charge in [-0.3, -0.25) is 0 Å². The summed E-state index contributed by atoms with van der Waals surface area (Å²) in [5.41, 5.74) is 1.01. The third-order valence-electron chi connectivity index (χ3n) is 4.93. The van der Waals surface area contributed by atoms with E-state index in [0.717, 1.165) is 30.7 Å². The molecule has 1 N–H and O–H groups in total. The van der Waals surface area contributed by atoms with Crippen LogP contribution in [0.5, 0.6) is 0 Å². The molecule has 1 aliphatic carbocycles. The van der Waals surface area contributed by atoms with E-state index in [1.807, 2.05) is 26.3 Å². The van der Waals surface area contributed by atoms with Gasteiger partial charge in [-0.15, -0.1) is 0 Å². The predicted octanol–water partition coefficient (Wildman–Crippen LogP) is 4.31. The van der Waals surface area contributed by atoms with E-state index < -0.39 is 0 Å². The molecule has 118 valence electrons. The summed E-state index contributed by atoms with van der Waals surface area (Å²) in [5, 5.41) is 3.43. The van der Waals surface area contributed by atoms with Crippen LogP contribution in [0.4, 0.5) is 4.39 Å². The van der Waals surface area contributed by atoms with E-state index in [1.165, 1.54) is 18.9 Å². The van der Waals surface area contributed by atoms with Crippen molar-refractivity contribution in [3.63, 3.8) is 0 Å². The van der Waals surface area contributed by atoms with Crippen LogP contribution in [-0.4, -0.2) is 25.8 Å². The first kappa shape index (κ1) is 16.9. The summed E-state index contributed by atoms with van der Waals surface area (Å²) in [6.45, 7) is 2.31. The molecule has 1 aliphatic rings. The van der Waals surface area contributed by atoms with Gasteiger partial charge in [0.25, 0.3) is 0 Å². The van der Waals surface area contributed by atoms with Gasteiger partial charge >= 0.3 is 0 Å². The van der Waals surface area contributed by atoms with Crippen LogP contribution in [0, 0.1) is 11.7 Å². The minimum Gasteiger partial charge on any atom is -0.377 e. The maximum Gasteiger partial charge on any atom is 0.137 e. The summed E-state index contributed by atoms with van der Waals surface area (Å²) in [5.74, 6) is 0.568. The van der Waals surface area contributed by atoms with Gasteiger partial charge in [-0.25, -0.2) is 4.39 Å². The van der Waals surface area contributed by atoms with E-state index in [-0.39, 0.29) is 17.5 Å². The molecule has 2 rings (SSSR count). The summed E-state index contributed by atoms with van der Waals surface area (Å²) in [6.07, 6.45) is 5.42. The van der Waals surface area contributed by atoms with Gasteiger partial charge in [-0.1, -0.05) is 13.0 Å². The van der Waals surface area contributed by atoms with Crippen LogP contribution in [-0.2, 0) is 11.2 Å². The molecule has 1 aromatic rings. The van der Waals surface area contributed by atoms with Crippen LogP contribution >= 0.6 is 15.9 Å². The largest absolute Gasteiger partial charge is 0.377 e. The van der Waals surface area contributed by atoms with Gasteiger partial charge in [0, 0.05) is 13.2 Å². The lowest BCUT2D eigenvalue weighted by Crippen LogP contribution is -2.54. The minimum atomic E-state index is -0.215. The number of halogens is 2. The molecule has 0 heterocycles. The Balaban J connectivity index is 2.15. The molecule has 1 unspecified atom stereocenters. The molecular formula is C17H25BrFNO. The summed E-state index contributed by atoms with van der Waals surface area (Å²) in [7, 11) is 3.81. The molecule has 0 saturated heterocycles. The lowest BCUT2D eigenvalue weighted by molar-refractivity contribution is -0.0730. The van der Waals surface area contributed by atoms with Gasteiger partial charge in [0.05, 0.1) is 10.1 Å². The molecule has 1 atom stereocenters. The quantitative estimate of drug-likeness (QED) is 0.847. The van der Waals surface area contributed by atoms with Crippen LogP contribution < -0.4 is 5.32 Å². The highest BCUT2D eigenvalue weighted by Crippen LogP contribution is 2.38. The number of nitrogens with one attached hydrogen (secondary N) is 1. The highest BCUT2D eigenvalue weighted by atomic mass is 79.9. The topological polar surface area (TPSA) is 21.3 Å². The van der Waals surface area contributed by atoms with Crippen molar-refractivity contribution < 1.29 is 9.13 Å². The second-order valence-electron chi connectivity index (χ2n) is 6.25. The normalized spacial score (nSPS) is 27.6. The van der Waals surface area contributed by atoms with Gasteiger partial charge in [-0.2, -0.15) is 0 Å². The molecular weight excluding hydrogens is 333 g/mol. The highest BCUT2D eigenvalue weighted by Gasteiger charge is 2.40. The fraction of sp³-hybridized carbons (Fsp3) is 0.647. The van der Waals surface area contributed by atoms with Crippen molar-refractivity contribution in [2.24, 2.45) is 5.92 Å². The molecule has 0 amide bonds. The summed E-state index contributed by atoms with van der Waals surface area (Å²) in [6, 6.07) is 5.50. The standard InChI is InChI=1S/C17H25BrFNO/c1-12-6-8-17(21-3,9-7-12)16(20-2)11-13-4-5-15(19)14(18)10-13/h4-5,10,12,16,20H,6-9,11H2,1-3H3. The van der Waals surface area contributed by atoms with Crippen LogP contribution in [0.15, 0.2) is 22.7 Å². The lowest BCUT2D eigenvalue weighted by Gasteiger charge is -2.44. The molecule has 21 heavy (non-hydrogen) atoms. The van der Waals surface area contributed by atoms with Crippen LogP contribution in [0.2, 0.25) is 0 Å². The van der Waals surface area contributed by atoms with Crippen molar-refractivity contribution in [1.82, 2.24) is 5.32 Å². The zero-order valence-corrected chi connectivity index (χ0v) is 14.7. The average molecular weight is 358 g/mol. The number of hydrogen-bond donors (Lipinski definition) is 1. The fourth-order valence-electron chi connectivity index (χ4n) is 3.40. The third kappa shape index (κ3) is 3.85. The van der Waals surface area contributed by atoms with Gasteiger partial charge in [-0.05, 0) is 78.7 Å². The molecule has 0 bridgehead atoms. The van der Waals surface area contributed by atoms with Crippen LogP contribution in [0.25, 0.3) is 0 Å². The first-order valence-corrected chi connectivity index (χ1v) is 8.46. The predicted molar refractivity (Wildman–Crippen MR) is 88.0 cm³/mol. The van der Waals surface area contributed by atoms with Crippen LogP contribution in [0.3, 0.4) is 0 Å². The second-order valence-corrected chi connectivity index (χ2v) is 7.10. The summed E-state index contributed by atoms with van der Waals surface area (Å²) in [4.78, 5) is 0. The maximum atomic E-state index is 13.4. The molecule has 0 aromatic heterocycles. The summed E-state index contributed by atoms with van der Waals surface area (Å²) < 4.78 is 19.9. The summed E-state index contributed by atoms with van der Waals surface area (Å²) >= 11 is 3.27. The van der Waals surface area contributed by atoms with Crippen molar-refractivity contribution in [1.29, 1.82) is 0 Å². The average Bonchev–Trinajstić information content (AvgIpc) is 2.50. The Hall–Kier alpha value is -0.450. The van der Waals surface area contributed by atoms with E-state index in [1.54, 1.807) is 0 Å². The number of likely N-dealkylation sites (N-methyl/N-ethyl adjacent to an activating group) is 1. The van der Waals surface area contributed by atoms with E-state index in [9.17, 15) is 4.39 Å². The fourth-order valence-corrected chi connectivity index (χ4v) is 3.83. The Labute approximate surface area is 135 Å². The molecule has 1 saturated carbocycles. The van der Waals surface area contributed by atoms with Gasteiger partial charge in [0.2, 0.25) is 0 Å². The van der Waals surface area contributed by atoms with Gasteiger partial charge in [0.1, 0.15) is 5.82 Å². The first-order chi connectivity index (χ1) is 10.0. The van der Waals surface area contributed by atoms with Crippen molar-refractivity contribution in [2.75, 3.05) is 14.2 Å². The number of methoxy groups -OCH3 is 1. The molecule has 4 heteroatoms. The maximum absolute atomic E-state index is 13.4. The van der Waals surface area contributed by atoms with Crippen LogP contribution in [0.1, 0.15) is 38.2 Å². The first-order valence-electron chi connectivity index (χ1n) is 7.67. The number of benzene rings is 1. The molecule has 0 spiro atoms. The van der Waals surface area contributed by atoms with Gasteiger partial charge < -0.3 is 10.1 Å². The zero-order chi connectivity index (χ0) is 15.5. The smallest absolute Gasteiger partial charge is 0.137 e. The Morgan fingerprint density at radius 1 is 1.43 bits per heavy atom. The lowest BCUT2D eigenvalue weighted by atomic mass is 9.74. The monoisotopic (exact) mass is 357 g/mol. The number of hydrogen-bond acceptors (Lipinski definition) is 2. The molecule has 2 nitrogen and oxygen atoms in total. The zero-order valence-electron chi connectivity index (χ0n) is 13.1. The van der Waals surface area contributed by atoms with Crippen molar-refractivity contribution in [2.45, 2.75) is 50.7 Å². The van der Waals surface area contributed by atoms with Crippen molar-refractivity contribution in [3.8, 4) is 0 Å². The molecule has 0 aliphatic heterocycles. The van der Waals surface area contributed by atoms with Crippen molar-refractivity contribution >= 4 is 15.9 Å². The Morgan fingerprint density at radius 3 is 2.62 bits per heavy atom. The Morgan fingerprint density at radius 2 is 2.10 bits per heavy atom. The number of rotatable bonds is 5. The van der Waals surface area contributed by atoms with Crippen molar-refractivity contribution in [3.05, 3.63) is 34.1 Å². The molecule has 0 radical (unpaired) electrons. The van der Waals surface area contributed by atoms with E-state index >= 15 is 0 Å². The highest BCUT2D eigenvalue weighted by molar-refractivity contribution is 9.10. The van der Waals surface area contributed by atoms with E-state index in [4.69, 9.17) is 4.74 Å². The Kier molecular flexibility index (Phi) is 5.81. The molecule has 1 aromatic carbocycles. The SMILES string of the molecule is CNC(Cc1ccc(F)c(Br)c1)C1(OC)CCC(C)CC1. The van der Waals surface area contributed by atoms with E-state index in [0.29, 0.717) is 4.47 Å². The van der Waals surface area contributed by atoms with E-state index in [2.05, 4.69) is 28.2 Å². The second kappa shape index (κ2) is 7.21.